The van der Waals surface area contributed by atoms with E-state index in [0.717, 1.165) is 24.3 Å². The summed E-state index contributed by atoms with van der Waals surface area (Å²) in [5.74, 6) is -0.808. The van der Waals surface area contributed by atoms with Crippen LogP contribution in [0.15, 0.2) is 52.9 Å². The average molecular weight is 558 g/mol. The molecule has 2 aromatic carbocycles. The molecule has 0 heterocycles. The Bertz CT molecular complexity index is 1010. The quantitative estimate of drug-likeness (QED) is 0.316. The molecule has 2 N–H and O–H groups in total. The van der Waals surface area contributed by atoms with Crippen molar-refractivity contribution in [2.75, 3.05) is 5.73 Å². The maximum Gasteiger partial charge on any atom is 0.456 e. The number of halogens is 8. The monoisotopic (exact) mass is 558 g/mol. The Morgan fingerprint density at radius 1 is 0.750 bits per heavy atom. The molecule has 2 rings (SSSR count). The first-order valence-electron chi connectivity index (χ1n) is 6.64. The second kappa shape index (κ2) is 16.1. The van der Waals surface area contributed by atoms with Gasteiger partial charge >= 0.3 is 44.3 Å². The van der Waals surface area contributed by atoms with Gasteiger partial charge in [-0.15, -0.1) is 4.36 Å². The number of nitrogens with two attached hydrogens (primary N) is 1. The minimum absolute atomic E-state index is 0.202. The van der Waals surface area contributed by atoms with E-state index in [9.17, 15) is 36.3 Å². The number of hydrogen-bond acceptors (Lipinski definition) is 8. The van der Waals surface area contributed by atoms with Crippen LogP contribution in [-0.2, 0) is 44.3 Å². The Kier molecular flexibility index (Phi) is 17.1. The fraction of sp³-hybridized carbons (Fsp3) is 0. The van der Waals surface area contributed by atoms with Crippen molar-refractivity contribution in [1.29, 1.82) is 0 Å². The van der Waals surface area contributed by atoms with E-state index in [2.05, 4.69) is 4.36 Å². The fourth-order valence-electron chi connectivity index (χ4n) is 1.09. The van der Waals surface area contributed by atoms with Crippen LogP contribution in [0.3, 0.4) is 0 Å². The Hall–Kier alpha value is -2.58. The highest BCUT2D eigenvalue weighted by atomic mass is 32.4. The molecule has 0 aliphatic carbocycles. The minimum Gasteiger partial charge on any atom is -0.399 e. The summed E-state index contributed by atoms with van der Waals surface area (Å²) in [4.78, 5) is 0. The molecule has 0 bridgehead atoms. The summed E-state index contributed by atoms with van der Waals surface area (Å²) in [6.07, 6.45) is 0. The highest BCUT2D eigenvalue weighted by Gasteiger charge is 2.33. The lowest BCUT2D eigenvalue weighted by Gasteiger charge is -1.95. The van der Waals surface area contributed by atoms with E-state index < -0.39 is 50.1 Å². The van der Waals surface area contributed by atoms with E-state index in [1.165, 1.54) is 24.3 Å². The SMILES string of the molecule is Nc1ccc(F)cc1.O=S(F)(F)(F)F.O=S(F)(F)=Nc1ccc(F)cc1.O=S=O.O=S=O. The molecular formula is C12H10F8N2O6S4. The second-order valence-corrected chi connectivity index (χ2v) is 6.71. The summed E-state index contributed by atoms with van der Waals surface area (Å²) >= 11 is -1.50. The standard InChI is InChI=1S/C6H4F3NOS.C6H6FN.F4OS.2O2S/c7-5-1-3-6(4-2-5)10-12(8,9)11;7-5-1-3-6(8)4-2-5;1-6(2,3,4)5;2*1-3-2/h1-4H;1-4H,8H2;;;. The third-order valence-corrected chi connectivity index (χ3v) is 2.33. The van der Waals surface area contributed by atoms with Gasteiger partial charge in [-0.1, -0.05) is 23.3 Å². The van der Waals surface area contributed by atoms with Crippen LogP contribution in [0.2, 0.25) is 0 Å². The molecule has 0 aliphatic rings. The summed E-state index contributed by atoms with van der Waals surface area (Å²) in [5, 5.41) is 0. The molecule has 0 unspecified atom stereocenters. The summed E-state index contributed by atoms with van der Waals surface area (Å²) in [6.45, 7) is 0. The number of nitrogen functional groups attached to an aromatic ring is 1. The third-order valence-electron chi connectivity index (χ3n) is 1.91. The van der Waals surface area contributed by atoms with Crippen LogP contribution in [0.5, 0.6) is 0 Å². The largest absolute Gasteiger partial charge is 0.456 e. The second-order valence-electron chi connectivity index (χ2n) is 4.25. The van der Waals surface area contributed by atoms with Crippen LogP contribution < -0.4 is 5.73 Å². The van der Waals surface area contributed by atoms with Gasteiger partial charge in [-0.2, -0.15) is 25.3 Å². The summed E-state index contributed by atoms with van der Waals surface area (Å²) in [7, 11) is -13.2. The fourth-order valence-corrected chi connectivity index (χ4v) is 1.45. The van der Waals surface area contributed by atoms with Gasteiger partial charge in [-0.25, -0.2) is 8.78 Å². The number of anilines is 1. The van der Waals surface area contributed by atoms with E-state index >= 15 is 0 Å². The highest BCUT2D eigenvalue weighted by molar-refractivity contribution is 8.01. The summed E-state index contributed by atoms with van der Waals surface area (Å²) in [5.41, 5.74) is 5.65. The highest BCUT2D eigenvalue weighted by Crippen LogP contribution is 2.31. The molecule has 0 aromatic heterocycles. The molecule has 32 heavy (non-hydrogen) atoms. The van der Waals surface area contributed by atoms with E-state index in [-0.39, 0.29) is 11.5 Å². The number of hydrogen-bond donors (Lipinski definition) is 1. The maximum absolute atomic E-state index is 12.2. The van der Waals surface area contributed by atoms with Crippen LogP contribution in [0.4, 0.5) is 43.5 Å². The first-order chi connectivity index (χ1) is 14.3. The van der Waals surface area contributed by atoms with Gasteiger partial charge < -0.3 is 5.73 Å². The van der Waals surface area contributed by atoms with Gasteiger partial charge in [0, 0.05) is 5.69 Å². The van der Waals surface area contributed by atoms with Crippen LogP contribution in [0, 0.1) is 11.6 Å². The van der Waals surface area contributed by atoms with Gasteiger partial charge in [0.15, 0.2) is 0 Å². The zero-order valence-corrected chi connectivity index (χ0v) is 18.0. The van der Waals surface area contributed by atoms with Crippen LogP contribution >= 0.6 is 0 Å². The lowest BCUT2D eigenvalue weighted by atomic mass is 10.3. The third kappa shape index (κ3) is 38.1. The van der Waals surface area contributed by atoms with Crippen molar-refractivity contribution in [3.8, 4) is 0 Å². The van der Waals surface area contributed by atoms with E-state index in [4.69, 9.17) is 26.8 Å². The first-order valence-corrected chi connectivity index (χ1v) is 10.9. The smallest absolute Gasteiger partial charge is 0.399 e. The predicted octanol–water partition coefficient (Wildman–Crippen LogP) is 4.11. The molecular weight excluding hydrogens is 548 g/mol. The lowest BCUT2D eigenvalue weighted by Crippen LogP contribution is -1.97. The zero-order chi connectivity index (χ0) is 26.0. The summed E-state index contributed by atoms with van der Waals surface area (Å²) < 4.78 is 141. The van der Waals surface area contributed by atoms with E-state index in [1.54, 1.807) is 0 Å². The molecule has 0 saturated heterocycles. The van der Waals surface area contributed by atoms with Gasteiger partial charge in [0.25, 0.3) is 0 Å². The molecule has 0 radical (unpaired) electrons. The Morgan fingerprint density at radius 3 is 1.22 bits per heavy atom. The molecule has 2 aromatic rings. The Balaban J connectivity index is -0.000000366. The molecule has 0 fully saturated rings. The zero-order valence-electron chi connectivity index (χ0n) is 14.7. The van der Waals surface area contributed by atoms with Crippen molar-refractivity contribution in [2.24, 2.45) is 4.36 Å². The molecule has 0 spiro atoms. The molecule has 184 valence electrons. The van der Waals surface area contributed by atoms with Crippen LogP contribution in [0.1, 0.15) is 0 Å². The van der Waals surface area contributed by atoms with Gasteiger partial charge in [-0.05, 0) is 48.5 Å². The summed E-state index contributed by atoms with van der Waals surface area (Å²) in [6, 6.07) is 9.67. The van der Waals surface area contributed by atoms with Crippen molar-refractivity contribution in [2.45, 2.75) is 0 Å². The lowest BCUT2D eigenvalue weighted by molar-refractivity contribution is 0.403. The normalized spacial score (nSPS) is 10.8. The van der Waals surface area contributed by atoms with Crippen molar-refractivity contribution in [3.63, 3.8) is 0 Å². The van der Waals surface area contributed by atoms with Crippen molar-refractivity contribution < 1.29 is 57.3 Å². The molecule has 0 saturated carbocycles. The maximum atomic E-state index is 12.2. The van der Waals surface area contributed by atoms with Gasteiger partial charge in [-0.3, -0.25) is 0 Å². The minimum atomic E-state index is -8.10. The van der Waals surface area contributed by atoms with Crippen molar-refractivity contribution >= 4 is 55.6 Å². The number of benzene rings is 2. The molecule has 0 amide bonds. The Labute approximate surface area is 183 Å². The van der Waals surface area contributed by atoms with Crippen molar-refractivity contribution in [3.05, 3.63) is 60.2 Å². The molecule has 0 aliphatic heterocycles. The number of nitrogens with zero attached hydrogens (tertiary/aromatic N) is 1. The van der Waals surface area contributed by atoms with Gasteiger partial charge in [0.1, 0.15) is 11.6 Å². The van der Waals surface area contributed by atoms with Gasteiger partial charge in [0.05, 0.1) is 5.69 Å². The topological polar surface area (TPSA) is 141 Å². The van der Waals surface area contributed by atoms with Crippen LogP contribution in [-0.4, -0.2) is 25.3 Å². The van der Waals surface area contributed by atoms with Crippen molar-refractivity contribution in [1.82, 2.24) is 0 Å². The average Bonchev–Trinajstić information content (AvgIpc) is 2.58. The number of rotatable bonds is 1. The predicted molar refractivity (Wildman–Crippen MR) is 100 cm³/mol. The molecule has 20 heteroatoms. The first kappa shape index (κ1) is 34.0. The van der Waals surface area contributed by atoms with E-state index in [1.807, 2.05) is 0 Å². The van der Waals surface area contributed by atoms with Crippen LogP contribution in [0.25, 0.3) is 0 Å². The molecule has 8 nitrogen and oxygen atoms in total. The van der Waals surface area contributed by atoms with Gasteiger partial charge in [0.2, 0.25) is 0 Å². The Morgan fingerprint density at radius 2 is 1.00 bits per heavy atom. The van der Waals surface area contributed by atoms with E-state index in [0.29, 0.717) is 5.69 Å². The molecule has 0 atom stereocenters.